The van der Waals surface area contributed by atoms with Crippen LogP contribution in [0.15, 0.2) is 18.2 Å². The molecule has 0 saturated carbocycles. The second-order valence-electron chi connectivity index (χ2n) is 6.35. The van der Waals surface area contributed by atoms with E-state index in [1.165, 1.54) is 11.1 Å². The first-order valence-electron chi connectivity index (χ1n) is 6.64. The molecule has 0 radical (unpaired) electrons. The van der Waals surface area contributed by atoms with Crippen LogP contribution in [0.5, 0.6) is 0 Å². The molecule has 0 unspecified atom stereocenters. The van der Waals surface area contributed by atoms with Crippen LogP contribution >= 0.6 is 0 Å². The van der Waals surface area contributed by atoms with Crippen LogP contribution in [0.25, 0.3) is 11.0 Å². The Morgan fingerprint density at radius 3 is 2.56 bits per heavy atom. The number of hydrogen-bond acceptors (Lipinski definition) is 2. The summed E-state index contributed by atoms with van der Waals surface area (Å²) >= 11 is 0. The maximum absolute atomic E-state index is 4.78. The van der Waals surface area contributed by atoms with Crippen molar-refractivity contribution in [2.75, 3.05) is 13.1 Å². The molecule has 2 aromatic rings. The van der Waals surface area contributed by atoms with Gasteiger partial charge in [-0.2, -0.15) is 0 Å². The normalized spacial score (nSPS) is 17.1. The Balaban J connectivity index is 2.13. The molecule has 0 bridgehead atoms. The van der Waals surface area contributed by atoms with Gasteiger partial charge in [0, 0.05) is 31.5 Å². The van der Waals surface area contributed by atoms with E-state index in [9.17, 15) is 0 Å². The molecule has 96 valence electrons. The highest BCUT2D eigenvalue weighted by atomic mass is 15.1. The number of imidazole rings is 1. The predicted molar refractivity (Wildman–Crippen MR) is 75.0 cm³/mol. The minimum Gasteiger partial charge on any atom is -0.331 e. The lowest BCUT2D eigenvalue weighted by atomic mass is 9.93. The number of hydrogen-bond donors (Lipinski definition) is 1. The van der Waals surface area contributed by atoms with Crippen molar-refractivity contribution in [3.05, 3.63) is 29.6 Å². The topological polar surface area (TPSA) is 29.9 Å². The maximum Gasteiger partial charge on any atom is 0.115 e. The third-order valence-corrected chi connectivity index (χ3v) is 3.83. The summed E-state index contributed by atoms with van der Waals surface area (Å²) < 4.78 is 2.24. The lowest BCUT2D eigenvalue weighted by Crippen LogP contribution is -2.39. The number of nitrogens with one attached hydrogen (secondary N) is 1. The van der Waals surface area contributed by atoms with E-state index in [2.05, 4.69) is 55.9 Å². The Bertz CT molecular complexity index is 586. The zero-order valence-electron chi connectivity index (χ0n) is 11.6. The smallest absolute Gasteiger partial charge is 0.115 e. The van der Waals surface area contributed by atoms with Crippen LogP contribution in [-0.2, 0) is 12.5 Å². The first-order chi connectivity index (χ1) is 8.47. The Labute approximate surface area is 108 Å². The summed E-state index contributed by atoms with van der Waals surface area (Å²) in [6.07, 6.45) is 0. The fourth-order valence-corrected chi connectivity index (χ4v) is 2.66. The van der Waals surface area contributed by atoms with Crippen molar-refractivity contribution in [3.8, 4) is 0 Å². The SMILES string of the molecule is Cn1c(C(C)(C)C)nc2ccc(C3CNC3)cc21. The summed E-state index contributed by atoms with van der Waals surface area (Å²) in [5, 5.41) is 3.33. The van der Waals surface area contributed by atoms with Gasteiger partial charge in [-0.25, -0.2) is 4.98 Å². The average Bonchev–Trinajstić information content (AvgIpc) is 2.53. The highest BCUT2D eigenvalue weighted by Crippen LogP contribution is 2.28. The molecule has 1 saturated heterocycles. The van der Waals surface area contributed by atoms with E-state index >= 15 is 0 Å². The second kappa shape index (κ2) is 3.82. The minimum atomic E-state index is 0.0892. The van der Waals surface area contributed by atoms with Crippen molar-refractivity contribution in [3.63, 3.8) is 0 Å². The molecule has 1 aromatic heterocycles. The molecule has 18 heavy (non-hydrogen) atoms. The summed E-state index contributed by atoms with van der Waals surface area (Å²) in [7, 11) is 2.12. The third-order valence-electron chi connectivity index (χ3n) is 3.83. The quantitative estimate of drug-likeness (QED) is 0.834. The largest absolute Gasteiger partial charge is 0.331 e. The monoisotopic (exact) mass is 243 g/mol. The van der Waals surface area contributed by atoms with Gasteiger partial charge < -0.3 is 9.88 Å². The van der Waals surface area contributed by atoms with E-state index in [4.69, 9.17) is 4.98 Å². The standard InChI is InChI=1S/C15H21N3/c1-15(2,3)14-17-12-6-5-10(11-8-16-9-11)7-13(12)18(14)4/h5-7,11,16H,8-9H2,1-4H3. The van der Waals surface area contributed by atoms with Gasteiger partial charge in [-0.3, -0.25) is 0 Å². The molecular weight excluding hydrogens is 222 g/mol. The van der Waals surface area contributed by atoms with Crippen LogP contribution in [-0.4, -0.2) is 22.6 Å². The molecular formula is C15H21N3. The van der Waals surface area contributed by atoms with Gasteiger partial charge in [-0.15, -0.1) is 0 Å². The summed E-state index contributed by atoms with van der Waals surface area (Å²) in [6, 6.07) is 6.70. The van der Waals surface area contributed by atoms with Crippen molar-refractivity contribution >= 4 is 11.0 Å². The molecule has 0 aliphatic carbocycles. The summed E-state index contributed by atoms with van der Waals surface area (Å²) in [4.78, 5) is 4.78. The molecule has 0 amide bonds. The number of rotatable bonds is 1. The van der Waals surface area contributed by atoms with Gasteiger partial charge >= 0.3 is 0 Å². The Kier molecular flexibility index (Phi) is 2.49. The molecule has 1 aromatic carbocycles. The van der Waals surface area contributed by atoms with Crippen molar-refractivity contribution < 1.29 is 0 Å². The van der Waals surface area contributed by atoms with E-state index in [0.717, 1.165) is 24.4 Å². The number of aryl methyl sites for hydroxylation is 1. The molecule has 3 rings (SSSR count). The van der Waals surface area contributed by atoms with Gasteiger partial charge in [0.2, 0.25) is 0 Å². The van der Waals surface area contributed by atoms with Crippen LogP contribution in [0.3, 0.4) is 0 Å². The molecule has 2 heterocycles. The lowest BCUT2D eigenvalue weighted by molar-refractivity contribution is 0.448. The van der Waals surface area contributed by atoms with E-state index in [0.29, 0.717) is 5.92 Å². The van der Waals surface area contributed by atoms with Crippen molar-refractivity contribution in [2.24, 2.45) is 7.05 Å². The molecule has 1 aliphatic rings. The molecule has 3 heteroatoms. The van der Waals surface area contributed by atoms with Gasteiger partial charge in [0.1, 0.15) is 5.82 Å². The van der Waals surface area contributed by atoms with Gasteiger partial charge in [0.05, 0.1) is 11.0 Å². The molecule has 3 nitrogen and oxygen atoms in total. The average molecular weight is 243 g/mol. The van der Waals surface area contributed by atoms with E-state index in [-0.39, 0.29) is 5.41 Å². The van der Waals surface area contributed by atoms with Gasteiger partial charge in [0.25, 0.3) is 0 Å². The predicted octanol–water partition coefficient (Wildman–Crippen LogP) is 2.56. The Hall–Kier alpha value is -1.35. The zero-order chi connectivity index (χ0) is 12.9. The van der Waals surface area contributed by atoms with Crippen LogP contribution in [0, 0.1) is 0 Å². The Morgan fingerprint density at radius 1 is 1.28 bits per heavy atom. The maximum atomic E-state index is 4.78. The Morgan fingerprint density at radius 2 is 2.00 bits per heavy atom. The fraction of sp³-hybridized carbons (Fsp3) is 0.533. The molecule has 1 N–H and O–H groups in total. The zero-order valence-corrected chi connectivity index (χ0v) is 11.6. The first kappa shape index (κ1) is 11.7. The van der Waals surface area contributed by atoms with Crippen molar-refractivity contribution in [1.82, 2.24) is 14.9 Å². The second-order valence-corrected chi connectivity index (χ2v) is 6.35. The third kappa shape index (κ3) is 1.74. The summed E-state index contributed by atoms with van der Waals surface area (Å²) in [5.74, 6) is 1.84. The van der Waals surface area contributed by atoms with Crippen LogP contribution in [0.4, 0.5) is 0 Å². The van der Waals surface area contributed by atoms with E-state index in [1.807, 2.05) is 0 Å². The summed E-state index contributed by atoms with van der Waals surface area (Å²) in [5.41, 5.74) is 3.89. The summed E-state index contributed by atoms with van der Waals surface area (Å²) in [6.45, 7) is 8.85. The highest BCUT2D eigenvalue weighted by Gasteiger charge is 2.23. The molecule has 1 fully saturated rings. The number of fused-ring (bicyclic) bond motifs is 1. The van der Waals surface area contributed by atoms with Crippen molar-refractivity contribution in [2.45, 2.75) is 32.1 Å². The first-order valence-corrected chi connectivity index (χ1v) is 6.64. The van der Waals surface area contributed by atoms with Gasteiger partial charge in [-0.05, 0) is 17.7 Å². The van der Waals surface area contributed by atoms with Crippen LogP contribution < -0.4 is 5.32 Å². The number of nitrogens with zero attached hydrogens (tertiary/aromatic N) is 2. The van der Waals surface area contributed by atoms with E-state index < -0.39 is 0 Å². The number of aromatic nitrogens is 2. The minimum absolute atomic E-state index is 0.0892. The highest BCUT2D eigenvalue weighted by molar-refractivity contribution is 5.77. The molecule has 0 atom stereocenters. The molecule has 1 aliphatic heterocycles. The van der Waals surface area contributed by atoms with Gasteiger partial charge in [-0.1, -0.05) is 26.8 Å². The van der Waals surface area contributed by atoms with Crippen LogP contribution in [0.1, 0.15) is 38.1 Å². The fourth-order valence-electron chi connectivity index (χ4n) is 2.66. The van der Waals surface area contributed by atoms with Gasteiger partial charge in [0.15, 0.2) is 0 Å². The number of benzene rings is 1. The van der Waals surface area contributed by atoms with Crippen LogP contribution in [0.2, 0.25) is 0 Å². The lowest BCUT2D eigenvalue weighted by Gasteiger charge is -2.27. The van der Waals surface area contributed by atoms with Crippen molar-refractivity contribution in [1.29, 1.82) is 0 Å². The molecule has 0 spiro atoms. The van der Waals surface area contributed by atoms with E-state index in [1.54, 1.807) is 0 Å².